The summed E-state index contributed by atoms with van der Waals surface area (Å²) < 4.78 is 0. The number of fused-ring (bicyclic) bond motifs is 1. The lowest BCUT2D eigenvalue weighted by molar-refractivity contribution is 0.569. The minimum Gasteiger partial charge on any atom is -0.368 e. The zero-order chi connectivity index (χ0) is 14.1. The minimum atomic E-state index is 0.369. The molecule has 2 N–H and O–H groups in total. The lowest BCUT2D eigenvalue weighted by Crippen LogP contribution is -2.29. The Balaban J connectivity index is 2.01. The van der Waals surface area contributed by atoms with Gasteiger partial charge in [0, 0.05) is 18.0 Å². The van der Waals surface area contributed by atoms with E-state index in [0.29, 0.717) is 17.9 Å². The van der Waals surface area contributed by atoms with Crippen LogP contribution in [0.3, 0.4) is 0 Å². The molecule has 4 heteroatoms. The summed E-state index contributed by atoms with van der Waals surface area (Å²) in [6, 6.07) is 8.76. The summed E-state index contributed by atoms with van der Waals surface area (Å²) >= 11 is 0. The SMILES string of the molecule is CC(C)CCN(c1nc(N)nc2ccccc12)C1CC1. The van der Waals surface area contributed by atoms with Gasteiger partial charge in [0.25, 0.3) is 0 Å². The highest BCUT2D eigenvalue weighted by atomic mass is 15.3. The zero-order valence-corrected chi connectivity index (χ0v) is 12.2. The van der Waals surface area contributed by atoms with Crippen LogP contribution in [0, 0.1) is 5.92 Å². The lowest BCUT2D eigenvalue weighted by Gasteiger charge is -2.25. The summed E-state index contributed by atoms with van der Waals surface area (Å²) in [6.45, 7) is 5.57. The average Bonchev–Trinajstić information content (AvgIpc) is 3.23. The first-order valence-corrected chi connectivity index (χ1v) is 7.44. The van der Waals surface area contributed by atoms with Gasteiger partial charge in [0.2, 0.25) is 5.95 Å². The molecule has 106 valence electrons. The standard InChI is InChI=1S/C16H22N4/c1-11(2)9-10-20(12-7-8-12)15-13-5-3-4-6-14(13)18-16(17)19-15/h3-6,11-12H,7-10H2,1-2H3,(H2,17,18,19). The Kier molecular flexibility index (Phi) is 3.47. The summed E-state index contributed by atoms with van der Waals surface area (Å²) in [5.74, 6) is 2.08. The summed E-state index contributed by atoms with van der Waals surface area (Å²) in [5.41, 5.74) is 6.83. The molecule has 0 saturated heterocycles. The van der Waals surface area contributed by atoms with Gasteiger partial charge in [-0.3, -0.25) is 0 Å². The van der Waals surface area contributed by atoms with E-state index in [0.717, 1.165) is 23.3 Å². The summed E-state index contributed by atoms with van der Waals surface area (Å²) in [4.78, 5) is 11.3. The molecule has 1 saturated carbocycles. The van der Waals surface area contributed by atoms with Crippen molar-refractivity contribution in [2.75, 3.05) is 17.2 Å². The van der Waals surface area contributed by atoms with Crippen molar-refractivity contribution in [1.29, 1.82) is 0 Å². The molecule has 4 nitrogen and oxygen atoms in total. The van der Waals surface area contributed by atoms with E-state index in [4.69, 9.17) is 5.73 Å². The number of rotatable bonds is 5. The number of hydrogen-bond donors (Lipinski definition) is 1. The van der Waals surface area contributed by atoms with Crippen LogP contribution in [0.25, 0.3) is 10.9 Å². The van der Waals surface area contributed by atoms with Crippen molar-refractivity contribution in [2.45, 2.75) is 39.2 Å². The Morgan fingerprint density at radius 1 is 1.25 bits per heavy atom. The topological polar surface area (TPSA) is 55.0 Å². The van der Waals surface area contributed by atoms with Gasteiger partial charge in [-0.2, -0.15) is 4.98 Å². The molecule has 1 aliphatic rings. The molecular weight excluding hydrogens is 248 g/mol. The number of hydrogen-bond acceptors (Lipinski definition) is 4. The van der Waals surface area contributed by atoms with Gasteiger partial charge < -0.3 is 10.6 Å². The molecule has 20 heavy (non-hydrogen) atoms. The number of nitrogen functional groups attached to an aromatic ring is 1. The summed E-state index contributed by atoms with van der Waals surface area (Å²) in [6.07, 6.45) is 3.70. The smallest absolute Gasteiger partial charge is 0.222 e. The lowest BCUT2D eigenvalue weighted by atomic mass is 10.1. The van der Waals surface area contributed by atoms with Crippen molar-refractivity contribution in [1.82, 2.24) is 9.97 Å². The van der Waals surface area contributed by atoms with Crippen LogP contribution in [0.15, 0.2) is 24.3 Å². The second kappa shape index (κ2) is 5.27. The Labute approximate surface area is 120 Å². The van der Waals surface area contributed by atoms with E-state index in [1.54, 1.807) is 0 Å². The fourth-order valence-corrected chi connectivity index (χ4v) is 2.54. The van der Waals surface area contributed by atoms with Crippen LogP contribution >= 0.6 is 0 Å². The third-order valence-corrected chi connectivity index (χ3v) is 3.81. The summed E-state index contributed by atoms with van der Waals surface area (Å²) in [7, 11) is 0. The highest BCUT2D eigenvalue weighted by molar-refractivity contribution is 5.90. The molecule has 0 atom stereocenters. The van der Waals surface area contributed by atoms with Crippen LogP contribution < -0.4 is 10.6 Å². The normalized spacial score (nSPS) is 14.9. The number of para-hydroxylation sites is 1. The average molecular weight is 270 g/mol. The van der Waals surface area contributed by atoms with Crippen LogP contribution in [0.4, 0.5) is 11.8 Å². The van der Waals surface area contributed by atoms with E-state index in [2.05, 4.69) is 34.8 Å². The number of aromatic nitrogens is 2. The van der Waals surface area contributed by atoms with E-state index in [1.807, 2.05) is 18.2 Å². The number of anilines is 2. The fraction of sp³-hybridized carbons (Fsp3) is 0.500. The van der Waals surface area contributed by atoms with Crippen LogP contribution in [0.1, 0.15) is 33.1 Å². The highest BCUT2D eigenvalue weighted by Crippen LogP contribution is 2.34. The molecule has 0 aliphatic heterocycles. The molecule has 0 amide bonds. The maximum atomic E-state index is 5.89. The molecule has 0 unspecified atom stereocenters. The third kappa shape index (κ3) is 2.69. The monoisotopic (exact) mass is 270 g/mol. The maximum absolute atomic E-state index is 5.89. The molecule has 1 fully saturated rings. The number of nitrogens with two attached hydrogens (primary N) is 1. The molecule has 1 heterocycles. The predicted molar refractivity (Wildman–Crippen MR) is 83.8 cm³/mol. The predicted octanol–water partition coefficient (Wildman–Crippen LogP) is 3.23. The van der Waals surface area contributed by atoms with Gasteiger partial charge in [0.05, 0.1) is 5.52 Å². The molecule has 3 rings (SSSR count). The quantitative estimate of drug-likeness (QED) is 0.906. The van der Waals surface area contributed by atoms with E-state index in [9.17, 15) is 0 Å². The first-order chi connectivity index (χ1) is 9.65. The van der Waals surface area contributed by atoms with E-state index in [1.165, 1.54) is 19.3 Å². The van der Waals surface area contributed by atoms with Crippen LogP contribution in [0.5, 0.6) is 0 Å². The second-order valence-electron chi connectivity index (χ2n) is 6.03. The minimum absolute atomic E-state index is 0.369. The van der Waals surface area contributed by atoms with Crippen LogP contribution in [-0.4, -0.2) is 22.6 Å². The van der Waals surface area contributed by atoms with Crippen molar-refractivity contribution in [3.63, 3.8) is 0 Å². The molecular formula is C16H22N4. The van der Waals surface area contributed by atoms with Crippen molar-refractivity contribution >= 4 is 22.7 Å². The van der Waals surface area contributed by atoms with Crippen LogP contribution in [-0.2, 0) is 0 Å². The van der Waals surface area contributed by atoms with Crippen molar-refractivity contribution in [2.24, 2.45) is 5.92 Å². The third-order valence-electron chi connectivity index (χ3n) is 3.81. The van der Waals surface area contributed by atoms with Gasteiger partial charge in [0.15, 0.2) is 0 Å². The maximum Gasteiger partial charge on any atom is 0.222 e. The van der Waals surface area contributed by atoms with Crippen LogP contribution in [0.2, 0.25) is 0 Å². The number of nitrogens with zero attached hydrogens (tertiary/aromatic N) is 3. The Morgan fingerprint density at radius 2 is 2.00 bits per heavy atom. The molecule has 1 aromatic carbocycles. The molecule has 1 aromatic heterocycles. The summed E-state index contributed by atoms with van der Waals surface area (Å²) in [5, 5.41) is 1.11. The molecule has 2 aromatic rings. The number of benzene rings is 1. The Bertz CT molecular complexity index is 604. The fourth-order valence-electron chi connectivity index (χ4n) is 2.54. The van der Waals surface area contributed by atoms with Gasteiger partial charge in [-0.25, -0.2) is 4.98 Å². The largest absolute Gasteiger partial charge is 0.368 e. The molecule has 0 radical (unpaired) electrons. The van der Waals surface area contributed by atoms with E-state index in [-0.39, 0.29) is 0 Å². The zero-order valence-electron chi connectivity index (χ0n) is 12.2. The van der Waals surface area contributed by atoms with Gasteiger partial charge >= 0.3 is 0 Å². The van der Waals surface area contributed by atoms with Gasteiger partial charge in [-0.05, 0) is 37.3 Å². The highest BCUT2D eigenvalue weighted by Gasteiger charge is 2.31. The first-order valence-electron chi connectivity index (χ1n) is 7.44. The van der Waals surface area contributed by atoms with Gasteiger partial charge in [-0.1, -0.05) is 26.0 Å². The van der Waals surface area contributed by atoms with E-state index >= 15 is 0 Å². The first kappa shape index (κ1) is 13.2. The van der Waals surface area contributed by atoms with Crippen molar-refractivity contribution in [3.8, 4) is 0 Å². The molecule has 0 spiro atoms. The van der Waals surface area contributed by atoms with Crippen molar-refractivity contribution < 1.29 is 0 Å². The molecule has 1 aliphatic carbocycles. The Morgan fingerprint density at radius 3 is 2.70 bits per heavy atom. The van der Waals surface area contributed by atoms with Gasteiger partial charge in [-0.15, -0.1) is 0 Å². The Hall–Kier alpha value is -1.84. The van der Waals surface area contributed by atoms with Crippen molar-refractivity contribution in [3.05, 3.63) is 24.3 Å². The molecule has 0 bridgehead atoms. The van der Waals surface area contributed by atoms with E-state index < -0.39 is 0 Å². The van der Waals surface area contributed by atoms with Gasteiger partial charge in [0.1, 0.15) is 5.82 Å². The second-order valence-corrected chi connectivity index (χ2v) is 6.03.